The molecule has 0 saturated carbocycles. The fourth-order valence-corrected chi connectivity index (χ4v) is 4.78. The third-order valence-corrected chi connectivity index (χ3v) is 7.20. The number of fused-ring (bicyclic) bond motifs is 2. The Bertz CT molecular complexity index is 1790. The van der Waals surface area contributed by atoms with Gasteiger partial charge in [-0.1, -0.05) is 56.2 Å². The molecule has 3 aromatic carbocycles. The average Bonchev–Trinajstić information content (AvgIpc) is 3.67. The number of carboxylic acids is 1. The van der Waals surface area contributed by atoms with Crippen LogP contribution in [-0.4, -0.2) is 43.9 Å². The largest absolute Gasteiger partial charge is 0.490 e. The summed E-state index contributed by atoms with van der Waals surface area (Å²) in [6, 6.07) is 20.2. The Morgan fingerprint density at radius 3 is 2.36 bits per heavy atom. The van der Waals surface area contributed by atoms with Crippen LogP contribution in [0.1, 0.15) is 67.8 Å². The van der Waals surface area contributed by atoms with Gasteiger partial charge in [0, 0.05) is 29.3 Å². The van der Waals surface area contributed by atoms with E-state index in [1.807, 2.05) is 19.1 Å². The number of unbranched alkanes of at least 4 members (excludes halogenated alkanes) is 2. The van der Waals surface area contributed by atoms with Crippen molar-refractivity contribution in [2.24, 2.45) is 0 Å². The quantitative estimate of drug-likeness (QED) is 0.0878. The summed E-state index contributed by atoms with van der Waals surface area (Å²) < 4.78 is 45.4. The average molecular weight is 625 g/mol. The summed E-state index contributed by atoms with van der Waals surface area (Å²) in [4.78, 5) is 44.9. The number of aliphatic carboxylic acids is 1. The monoisotopic (exact) mass is 624 g/mol. The molecule has 0 spiro atoms. The number of amides is 1. The van der Waals surface area contributed by atoms with E-state index in [9.17, 15) is 27.2 Å². The normalized spacial score (nSPS) is 12.0. The van der Waals surface area contributed by atoms with Crippen molar-refractivity contribution in [1.29, 1.82) is 0 Å². The molecule has 1 atom stereocenters. The summed E-state index contributed by atoms with van der Waals surface area (Å²) in [6.45, 7) is 1.89. The zero-order valence-corrected chi connectivity index (χ0v) is 24.4. The lowest BCUT2D eigenvalue weighted by Gasteiger charge is -2.16. The Morgan fingerprint density at radius 2 is 1.64 bits per heavy atom. The number of carbonyl (C=O) groups is 3. The third-order valence-electron chi connectivity index (χ3n) is 7.20. The zero-order chi connectivity index (χ0) is 32.6. The highest BCUT2D eigenvalue weighted by Crippen LogP contribution is 2.26. The van der Waals surface area contributed by atoms with Gasteiger partial charge in [0.15, 0.2) is 0 Å². The lowest BCUT2D eigenvalue weighted by molar-refractivity contribution is -0.192. The van der Waals surface area contributed by atoms with Crippen LogP contribution in [0, 0.1) is 5.82 Å². The highest BCUT2D eigenvalue weighted by molar-refractivity contribution is 5.98. The minimum absolute atomic E-state index is 0.274. The second kappa shape index (κ2) is 14.7. The topological polar surface area (TPSA) is 128 Å². The second-order valence-electron chi connectivity index (χ2n) is 10.5. The van der Waals surface area contributed by atoms with Crippen molar-refractivity contribution in [3.63, 3.8) is 0 Å². The molecule has 0 aliphatic heterocycles. The van der Waals surface area contributed by atoms with E-state index in [1.165, 1.54) is 17.5 Å². The van der Waals surface area contributed by atoms with Crippen molar-refractivity contribution in [1.82, 2.24) is 20.3 Å². The second-order valence-corrected chi connectivity index (χ2v) is 10.5. The van der Waals surface area contributed by atoms with Gasteiger partial charge >= 0.3 is 12.1 Å². The maximum Gasteiger partial charge on any atom is 0.490 e. The van der Waals surface area contributed by atoms with Crippen LogP contribution in [-0.2, 0) is 9.59 Å². The van der Waals surface area contributed by atoms with E-state index in [0.717, 1.165) is 35.9 Å². The van der Waals surface area contributed by atoms with E-state index in [0.29, 0.717) is 41.7 Å². The molecule has 0 unspecified atom stereocenters. The number of carboxylic acid groups (broad SMARTS) is 1. The molecule has 236 valence electrons. The van der Waals surface area contributed by atoms with Gasteiger partial charge in [-0.05, 0) is 53.9 Å². The molecule has 12 heteroatoms. The Kier molecular flexibility index (Phi) is 10.7. The number of nitrogens with zero attached hydrogens (tertiary/aromatic N) is 1. The predicted molar refractivity (Wildman–Crippen MR) is 162 cm³/mol. The minimum Gasteiger partial charge on any atom is -0.475 e. The molecule has 4 N–H and O–H groups in total. The number of hydrogen-bond donors (Lipinski definition) is 4. The summed E-state index contributed by atoms with van der Waals surface area (Å²) in [6.07, 6.45) is 1.11. The van der Waals surface area contributed by atoms with E-state index in [2.05, 4.69) is 50.6 Å². The van der Waals surface area contributed by atoms with Crippen molar-refractivity contribution in [2.45, 2.75) is 57.7 Å². The number of ketones is 1. The molecule has 8 nitrogen and oxygen atoms in total. The van der Waals surface area contributed by atoms with Crippen molar-refractivity contribution in [2.75, 3.05) is 0 Å². The molecule has 0 aliphatic rings. The molecular weight excluding hydrogens is 592 g/mol. The van der Waals surface area contributed by atoms with Crippen molar-refractivity contribution >= 4 is 39.3 Å². The molecule has 0 aliphatic carbocycles. The van der Waals surface area contributed by atoms with Crippen LogP contribution in [0.15, 0.2) is 72.9 Å². The molecule has 2 aromatic heterocycles. The number of H-pyrrole nitrogens is 2. The first-order valence-electron chi connectivity index (χ1n) is 14.4. The Labute approximate surface area is 255 Å². The standard InChI is InChI=1S/C31H31FN4O2.C2HF3O2/c1-2-25(37)10-4-3-5-11-27(36-31(38)28-18-23-17-24(32)14-15-26(23)34-28)30-33-19-29(35-30)22-13-12-20-8-6-7-9-21(20)16-22;3-2(4,5)1(6)7/h6-9,12-19,27,34H,2-5,10-11H2,1H3,(H,33,35)(H,36,38);(H,6,7)/t27-;/m0./s1. The molecule has 0 radical (unpaired) electrons. The van der Waals surface area contributed by atoms with Gasteiger partial charge in [0.1, 0.15) is 23.1 Å². The minimum atomic E-state index is -5.08. The molecule has 2 heterocycles. The number of rotatable bonds is 11. The lowest BCUT2D eigenvalue weighted by Crippen LogP contribution is -2.29. The van der Waals surface area contributed by atoms with Crippen LogP contribution >= 0.6 is 0 Å². The lowest BCUT2D eigenvalue weighted by atomic mass is 10.0. The number of aromatic amines is 2. The summed E-state index contributed by atoms with van der Waals surface area (Å²) in [5.41, 5.74) is 2.96. The molecule has 5 aromatic rings. The Morgan fingerprint density at radius 1 is 0.911 bits per heavy atom. The van der Waals surface area contributed by atoms with E-state index in [-0.39, 0.29) is 23.5 Å². The maximum absolute atomic E-state index is 13.6. The first-order chi connectivity index (χ1) is 21.4. The Balaban J connectivity index is 0.000000591. The zero-order valence-electron chi connectivity index (χ0n) is 24.4. The highest BCUT2D eigenvalue weighted by atomic mass is 19.4. The molecule has 0 fully saturated rings. The van der Waals surface area contributed by atoms with Crippen LogP contribution < -0.4 is 5.32 Å². The summed E-state index contributed by atoms with van der Waals surface area (Å²) in [5.74, 6) is -2.44. The number of Topliss-reactive ketones (excluding diaryl/α,β-unsaturated/α-hetero) is 1. The van der Waals surface area contributed by atoms with E-state index in [1.54, 1.807) is 18.3 Å². The molecule has 0 bridgehead atoms. The first kappa shape index (κ1) is 32.9. The van der Waals surface area contributed by atoms with Crippen molar-refractivity contribution in [3.8, 4) is 11.3 Å². The van der Waals surface area contributed by atoms with Crippen molar-refractivity contribution < 1.29 is 37.1 Å². The first-order valence-corrected chi connectivity index (χ1v) is 14.4. The highest BCUT2D eigenvalue weighted by Gasteiger charge is 2.38. The fourth-order valence-electron chi connectivity index (χ4n) is 4.78. The van der Waals surface area contributed by atoms with E-state index < -0.39 is 12.1 Å². The van der Waals surface area contributed by atoms with Gasteiger partial charge in [-0.3, -0.25) is 9.59 Å². The van der Waals surface area contributed by atoms with Crippen LogP contribution in [0.25, 0.3) is 32.9 Å². The van der Waals surface area contributed by atoms with Gasteiger partial charge in [0.2, 0.25) is 0 Å². The molecule has 0 saturated heterocycles. The Hall–Kier alpha value is -5.00. The number of carbonyl (C=O) groups excluding carboxylic acids is 2. The van der Waals surface area contributed by atoms with Gasteiger partial charge in [-0.15, -0.1) is 0 Å². The predicted octanol–water partition coefficient (Wildman–Crippen LogP) is 7.88. The van der Waals surface area contributed by atoms with Crippen LogP contribution in [0.4, 0.5) is 17.6 Å². The van der Waals surface area contributed by atoms with E-state index >= 15 is 0 Å². The molecular formula is C33H32F4N4O4. The molecule has 1 amide bonds. The third kappa shape index (κ3) is 9.01. The summed E-state index contributed by atoms with van der Waals surface area (Å²) >= 11 is 0. The summed E-state index contributed by atoms with van der Waals surface area (Å²) in [7, 11) is 0. The van der Waals surface area contributed by atoms with E-state index in [4.69, 9.17) is 9.90 Å². The number of halogens is 4. The number of hydrogen-bond acceptors (Lipinski definition) is 4. The number of benzene rings is 3. The molecule has 5 rings (SSSR count). The number of imidazole rings is 1. The van der Waals surface area contributed by atoms with Crippen molar-refractivity contribution in [3.05, 3.63) is 90.3 Å². The van der Waals surface area contributed by atoms with Gasteiger partial charge in [0.25, 0.3) is 5.91 Å². The number of nitrogens with one attached hydrogen (secondary N) is 3. The SMILES string of the molecule is CCC(=O)CCCCC[C@H](NC(=O)c1cc2cc(F)ccc2[nH]1)c1ncc(-c2ccc3ccccc3c2)[nH]1.O=C(O)C(F)(F)F. The smallest absolute Gasteiger partial charge is 0.475 e. The maximum atomic E-state index is 13.6. The number of aromatic nitrogens is 3. The number of alkyl halides is 3. The van der Waals surface area contributed by atoms with Crippen LogP contribution in [0.3, 0.4) is 0 Å². The van der Waals surface area contributed by atoms with Gasteiger partial charge in [0.05, 0.1) is 17.9 Å². The summed E-state index contributed by atoms with van der Waals surface area (Å²) in [5, 5.41) is 13.2. The van der Waals surface area contributed by atoms with Crippen LogP contribution in [0.5, 0.6) is 0 Å². The molecule has 45 heavy (non-hydrogen) atoms. The van der Waals surface area contributed by atoms with Gasteiger partial charge in [-0.25, -0.2) is 14.2 Å². The van der Waals surface area contributed by atoms with Gasteiger partial charge in [-0.2, -0.15) is 13.2 Å². The van der Waals surface area contributed by atoms with Gasteiger partial charge < -0.3 is 20.4 Å². The fraction of sp³-hybridized carbons (Fsp3) is 0.273. The van der Waals surface area contributed by atoms with Crippen LogP contribution in [0.2, 0.25) is 0 Å².